The van der Waals surface area contributed by atoms with Gasteiger partial charge in [0, 0.05) is 42.9 Å². The highest BCUT2D eigenvalue weighted by atomic mass is 32.2. The van der Waals surface area contributed by atoms with E-state index in [4.69, 9.17) is 9.15 Å². The van der Waals surface area contributed by atoms with Gasteiger partial charge in [-0.3, -0.25) is 0 Å². The molecule has 1 unspecified atom stereocenters. The smallest absolute Gasteiger partial charge is 0.407 e. The predicted octanol–water partition coefficient (Wildman–Crippen LogP) is 4.87. The number of nitrogens with zero attached hydrogens (tertiary/aromatic N) is 4. The molecule has 4 rings (SSSR count). The van der Waals surface area contributed by atoms with Gasteiger partial charge in [0.2, 0.25) is 17.7 Å². The molecule has 1 aromatic carbocycles. The summed E-state index contributed by atoms with van der Waals surface area (Å²) < 4.78 is 70.2. The van der Waals surface area contributed by atoms with E-state index in [0.29, 0.717) is 9.54 Å². The fourth-order valence-corrected chi connectivity index (χ4v) is 5.27. The number of aromatic nitrogens is 4. The van der Waals surface area contributed by atoms with Gasteiger partial charge in [0.1, 0.15) is 11.8 Å². The molecule has 0 fully saturated rings. The summed E-state index contributed by atoms with van der Waals surface area (Å²) in [6.07, 6.45) is 0.0678. The Kier molecular flexibility index (Phi) is 7.06. The second kappa shape index (κ2) is 9.97. The molecule has 4 aromatic rings. The molecule has 1 N–H and O–H groups in total. The van der Waals surface area contributed by atoms with Crippen molar-refractivity contribution in [2.75, 3.05) is 7.05 Å². The SMILES string of the molecule is CNC(=O)OC(c1cn(S(=O)(=O)c2cccc(-c3nnc(C)o3)c2)c(-c2cccnc2F)c1F)C(C)(C)C. The minimum absolute atomic E-state index is 0.0872. The monoisotopic (exact) mass is 545 g/mol. The van der Waals surface area contributed by atoms with Gasteiger partial charge in [-0.05, 0) is 30.3 Å². The minimum atomic E-state index is -4.54. The molecular weight excluding hydrogens is 520 g/mol. The molecule has 1 amide bonds. The van der Waals surface area contributed by atoms with Gasteiger partial charge in [-0.1, -0.05) is 26.8 Å². The van der Waals surface area contributed by atoms with E-state index in [2.05, 4.69) is 20.5 Å². The molecule has 1 atom stereocenters. The lowest BCUT2D eigenvalue weighted by atomic mass is 9.85. The van der Waals surface area contributed by atoms with Gasteiger partial charge in [-0.25, -0.2) is 26.6 Å². The van der Waals surface area contributed by atoms with Gasteiger partial charge in [0.25, 0.3) is 10.0 Å². The van der Waals surface area contributed by atoms with Crippen LogP contribution < -0.4 is 5.32 Å². The van der Waals surface area contributed by atoms with E-state index in [1.807, 2.05) is 0 Å². The number of alkyl carbamates (subject to hydrolysis) is 1. The Morgan fingerprint density at radius 1 is 1.16 bits per heavy atom. The first-order valence-corrected chi connectivity index (χ1v) is 12.8. The Bertz CT molecular complexity index is 1610. The van der Waals surface area contributed by atoms with Crippen LogP contribution in [0.4, 0.5) is 13.6 Å². The molecule has 10 nitrogen and oxygen atoms in total. The van der Waals surface area contributed by atoms with E-state index < -0.39 is 50.7 Å². The molecule has 0 saturated carbocycles. The van der Waals surface area contributed by atoms with Crippen molar-refractivity contribution < 1.29 is 31.1 Å². The number of benzene rings is 1. The number of pyridine rings is 1. The zero-order valence-corrected chi connectivity index (χ0v) is 22.0. The molecule has 0 aliphatic rings. The Balaban J connectivity index is 1.97. The summed E-state index contributed by atoms with van der Waals surface area (Å²) in [6, 6.07) is 8.17. The van der Waals surface area contributed by atoms with Crippen molar-refractivity contribution in [1.29, 1.82) is 0 Å². The second-order valence-corrected chi connectivity index (χ2v) is 11.3. The van der Waals surface area contributed by atoms with Crippen molar-refractivity contribution >= 4 is 16.1 Å². The van der Waals surface area contributed by atoms with Gasteiger partial charge in [-0.15, -0.1) is 10.2 Å². The summed E-state index contributed by atoms with van der Waals surface area (Å²) in [5.74, 6) is -1.79. The largest absolute Gasteiger partial charge is 0.441 e. The van der Waals surface area contributed by atoms with Crippen LogP contribution >= 0.6 is 0 Å². The van der Waals surface area contributed by atoms with E-state index >= 15 is 4.39 Å². The molecule has 0 saturated heterocycles. The lowest BCUT2D eigenvalue weighted by Gasteiger charge is -2.29. The van der Waals surface area contributed by atoms with Crippen LogP contribution in [0.3, 0.4) is 0 Å². The van der Waals surface area contributed by atoms with Gasteiger partial charge < -0.3 is 14.5 Å². The van der Waals surface area contributed by atoms with E-state index in [1.165, 1.54) is 37.4 Å². The molecule has 0 radical (unpaired) electrons. The summed E-state index contributed by atoms with van der Waals surface area (Å²) in [5.41, 5.74) is -1.81. The van der Waals surface area contributed by atoms with Crippen molar-refractivity contribution in [3.05, 3.63) is 72.0 Å². The van der Waals surface area contributed by atoms with Crippen molar-refractivity contribution in [3.63, 3.8) is 0 Å². The summed E-state index contributed by atoms with van der Waals surface area (Å²) in [6.45, 7) is 6.65. The molecule has 0 aliphatic carbocycles. The standard InChI is InChI=1S/C25H25F2N5O5S/c1-14-30-31-23(36-14)15-8-6-9-16(12-15)38(34,35)32-13-18(21(25(2,3)4)37-24(33)28-5)19(26)20(32)17-10-7-11-29-22(17)27/h6-13,21H,1-5H3,(H,28,33). The fourth-order valence-electron chi connectivity index (χ4n) is 3.84. The van der Waals surface area contributed by atoms with Crippen LogP contribution in [0.25, 0.3) is 22.7 Å². The van der Waals surface area contributed by atoms with Crippen molar-refractivity contribution in [3.8, 4) is 22.7 Å². The minimum Gasteiger partial charge on any atom is -0.441 e. The van der Waals surface area contributed by atoms with Crippen LogP contribution in [0.1, 0.15) is 38.3 Å². The lowest BCUT2D eigenvalue weighted by Crippen LogP contribution is -2.29. The third kappa shape index (κ3) is 5.01. The second-order valence-electron chi connectivity index (χ2n) is 9.45. The highest BCUT2D eigenvalue weighted by Gasteiger charge is 2.38. The normalized spacial score (nSPS) is 12.8. The number of hydrogen-bond donors (Lipinski definition) is 1. The van der Waals surface area contributed by atoms with E-state index in [0.717, 1.165) is 12.4 Å². The maximum Gasteiger partial charge on any atom is 0.407 e. The number of ether oxygens (including phenoxy) is 1. The molecule has 0 bridgehead atoms. The number of rotatable bonds is 6. The predicted molar refractivity (Wildman–Crippen MR) is 132 cm³/mol. The highest BCUT2D eigenvalue weighted by molar-refractivity contribution is 7.90. The Labute approximate surface area is 217 Å². The number of carbonyl (C=O) groups excluding carboxylic acids is 1. The highest BCUT2D eigenvalue weighted by Crippen LogP contribution is 2.42. The first kappa shape index (κ1) is 26.9. The molecule has 3 heterocycles. The first-order valence-electron chi connectivity index (χ1n) is 11.4. The van der Waals surface area contributed by atoms with Gasteiger partial charge in [0.05, 0.1) is 10.5 Å². The zero-order valence-electron chi connectivity index (χ0n) is 21.2. The quantitative estimate of drug-likeness (QED) is 0.340. The Morgan fingerprint density at radius 2 is 1.89 bits per heavy atom. The van der Waals surface area contributed by atoms with E-state index in [1.54, 1.807) is 33.8 Å². The van der Waals surface area contributed by atoms with Crippen LogP contribution in [-0.4, -0.2) is 40.7 Å². The number of halogens is 2. The third-order valence-corrected chi connectivity index (χ3v) is 7.27. The number of carbonyl (C=O) groups is 1. The van der Waals surface area contributed by atoms with Gasteiger partial charge in [-0.2, -0.15) is 4.39 Å². The summed E-state index contributed by atoms with van der Waals surface area (Å²) in [7, 11) is -3.20. The average Bonchev–Trinajstić information content (AvgIpc) is 3.45. The van der Waals surface area contributed by atoms with Crippen LogP contribution in [0.5, 0.6) is 0 Å². The Hall–Kier alpha value is -4.13. The molecule has 200 valence electrons. The first-order chi connectivity index (χ1) is 17.8. The number of hydrogen-bond acceptors (Lipinski definition) is 8. The number of amides is 1. The van der Waals surface area contributed by atoms with E-state index in [-0.39, 0.29) is 22.2 Å². The van der Waals surface area contributed by atoms with Crippen molar-refractivity contribution in [2.45, 2.75) is 38.7 Å². The van der Waals surface area contributed by atoms with Crippen LogP contribution in [0.2, 0.25) is 0 Å². The molecule has 0 aliphatic heterocycles. The maximum absolute atomic E-state index is 16.2. The topological polar surface area (TPSA) is 129 Å². The summed E-state index contributed by atoms with van der Waals surface area (Å²) in [5, 5.41) is 9.95. The van der Waals surface area contributed by atoms with Crippen LogP contribution in [0, 0.1) is 24.1 Å². The zero-order chi connectivity index (χ0) is 27.8. The lowest BCUT2D eigenvalue weighted by molar-refractivity contribution is 0.0294. The molecule has 0 spiro atoms. The van der Waals surface area contributed by atoms with Crippen molar-refractivity contribution in [2.24, 2.45) is 5.41 Å². The van der Waals surface area contributed by atoms with Crippen LogP contribution in [-0.2, 0) is 14.8 Å². The van der Waals surface area contributed by atoms with Crippen molar-refractivity contribution in [1.82, 2.24) is 24.5 Å². The fraction of sp³-hybridized carbons (Fsp3) is 0.280. The molecule has 3 aromatic heterocycles. The average molecular weight is 546 g/mol. The summed E-state index contributed by atoms with van der Waals surface area (Å²) >= 11 is 0. The Morgan fingerprint density at radius 3 is 2.50 bits per heavy atom. The van der Waals surface area contributed by atoms with E-state index in [9.17, 15) is 17.6 Å². The molecule has 13 heteroatoms. The molecule has 38 heavy (non-hydrogen) atoms. The van der Waals surface area contributed by atoms with Gasteiger partial charge in [0.15, 0.2) is 5.82 Å². The van der Waals surface area contributed by atoms with Gasteiger partial charge >= 0.3 is 6.09 Å². The number of aryl methyl sites for hydroxylation is 1. The van der Waals surface area contributed by atoms with Crippen LogP contribution in [0.15, 0.2) is 58.1 Å². The number of nitrogens with one attached hydrogen (secondary N) is 1. The summed E-state index contributed by atoms with van der Waals surface area (Å²) in [4.78, 5) is 15.4. The molecular formula is C25H25F2N5O5S. The maximum atomic E-state index is 16.2. The third-order valence-electron chi connectivity index (χ3n) is 5.61.